The molecule has 0 aliphatic carbocycles. The van der Waals surface area contributed by atoms with Gasteiger partial charge in [0, 0.05) is 15.7 Å². The van der Waals surface area contributed by atoms with Crippen molar-refractivity contribution in [2.75, 3.05) is 12.4 Å². The lowest BCUT2D eigenvalue weighted by molar-refractivity contribution is 0.102. The first-order valence-electron chi connectivity index (χ1n) is 8.73. The number of nitrogens with one attached hydrogen (secondary N) is 1. The molecule has 8 heteroatoms. The van der Waals surface area contributed by atoms with E-state index < -0.39 is 0 Å². The van der Waals surface area contributed by atoms with Crippen LogP contribution in [0, 0.1) is 6.92 Å². The van der Waals surface area contributed by atoms with Crippen LogP contribution in [0.3, 0.4) is 0 Å². The van der Waals surface area contributed by atoms with E-state index >= 15 is 0 Å². The number of benzene rings is 3. The van der Waals surface area contributed by atoms with E-state index in [2.05, 4.69) is 15.5 Å². The number of hydrogen-bond acceptors (Lipinski definition) is 4. The van der Waals surface area contributed by atoms with Crippen molar-refractivity contribution < 1.29 is 9.53 Å². The maximum atomic E-state index is 12.8. The zero-order chi connectivity index (χ0) is 20.5. The first-order valence-corrected chi connectivity index (χ1v) is 9.49. The van der Waals surface area contributed by atoms with Crippen LogP contribution in [0.15, 0.2) is 54.6 Å². The Hall–Kier alpha value is -3.09. The lowest BCUT2D eigenvalue weighted by atomic mass is 10.1. The summed E-state index contributed by atoms with van der Waals surface area (Å²) in [6.07, 6.45) is 0. The van der Waals surface area contributed by atoms with Crippen molar-refractivity contribution in [3.8, 4) is 11.4 Å². The molecule has 4 rings (SSSR count). The number of rotatable bonds is 4. The molecule has 0 unspecified atom stereocenters. The Labute approximate surface area is 177 Å². The molecule has 0 atom stereocenters. The number of hydrogen-bond donors (Lipinski definition) is 1. The highest BCUT2D eigenvalue weighted by molar-refractivity contribution is 6.31. The van der Waals surface area contributed by atoms with Gasteiger partial charge in [0.25, 0.3) is 5.91 Å². The minimum atomic E-state index is -0.322. The van der Waals surface area contributed by atoms with Crippen molar-refractivity contribution in [1.82, 2.24) is 15.0 Å². The van der Waals surface area contributed by atoms with Gasteiger partial charge >= 0.3 is 0 Å². The molecular formula is C21H16Cl2N4O2. The number of fused-ring (bicyclic) bond motifs is 1. The van der Waals surface area contributed by atoms with E-state index in [9.17, 15) is 4.79 Å². The predicted molar refractivity (Wildman–Crippen MR) is 115 cm³/mol. The van der Waals surface area contributed by atoms with Gasteiger partial charge in [-0.3, -0.25) is 4.79 Å². The third-order valence-electron chi connectivity index (χ3n) is 4.44. The van der Waals surface area contributed by atoms with E-state index in [1.54, 1.807) is 36.4 Å². The van der Waals surface area contributed by atoms with Crippen LogP contribution in [0.1, 0.15) is 15.9 Å². The minimum absolute atomic E-state index is 0.322. The summed E-state index contributed by atoms with van der Waals surface area (Å²) in [4.78, 5) is 14.3. The Kier molecular flexibility index (Phi) is 5.13. The van der Waals surface area contributed by atoms with Gasteiger partial charge in [-0.15, -0.1) is 10.2 Å². The monoisotopic (exact) mass is 426 g/mol. The normalized spacial score (nSPS) is 10.9. The van der Waals surface area contributed by atoms with Gasteiger partial charge in [0.05, 0.1) is 18.4 Å². The van der Waals surface area contributed by atoms with Crippen molar-refractivity contribution in [3.05, 3.63) is 75.8 Å². The number of anilines is 1. The molecule has 0 aliphatic heterocycles. The van der Waals surface area contributed by atoms with Crippen molar-refractivity contribution in [1.29, 1.82) is 0 Å². The largest absolute Gasteiger partial charge is 0.496 e. The van der Waals surface area contributed by atoms with Gasteiger partial charge in [-0.25, -0.2) is 0 Å². The summed E-state index contributed by atoms with van der Waals surface area (Å²) in [5.74, 6) is 0.121. The molecule has 0 fully saturated rings. The smallest absolute Gasteiger partial charge is 0.259 e. The number of nitrogens with zero attached hydrogens (tertiary/aromatic N) is 3. The van der Waals surface area contributed by atoms with E-state index in [0.29, 0.717) is 32.6 Å². The molecule has 0 saturated carbocycles. The number of halogens is 2. The highest BCUT2D eigenvalue weighted by Crippen LogP contribution is 2.26. The van der Waals surface area contributed by atoms with Crippen molar-refractivity contribution >= 4 is 45.8 Å². The summed E-state index contributed by atoms with van der Waals surface area (Å²) in [5, 5.41) is 13.0. The Bertz CT molecular complexity index is 1220. The highest BCUT2D eigenvalue weighted by Gasteiger charge is 2.16. The van der Waals surface area contributed by atoms with Crippen molar-refractivity contribution in [3.63, 3.8) is 0 Å². The van der Waals surface area contributed by atoms with Gasteiger partial charge in [-0.1, -0.05) is 23.2 Å². The lowest BCUT2D eigenvalue weighted by Crippen LogP contribution is -2.14. The summed E-state index contributed by atoms with van der Waals surface area (Å²) < 4.78 is 5.27. The quantitative estimate of drug-likeness (QED) is 0.480. The first kappa shape index (κ1) is 19.2. The summed E-state index contributed by atoms with van der Waals surface area (Å²) in [5.41, 5.74) is 4.00. The van der Waals surface area contributed by atoms with Crippen LogP contribution < -0.4 is 10.1 Å². The number of methoxy groups -OCH3 is 1. The molecule has 0 aliphatic rings. The second-order valence-corrected chi connectivity index (χ2v) is 7.29. The molecule has 1 amide bonds. The molecule has 29 heavy (non-hydrogen) atoms. The molecule has 1 heterocycles. The third-order valence-corrected chi connectivity index (χ3v) is 4.93. The fourth-order valence-corrected chi connectivity index (χ4v) is 3.24. The van der Waals surface area contributed by atoms with Crippen LogP contribution in [0.25, 0.3) is 16.7 Å². The summed E-state index contributed by atoms with van der Waals surface area (Å²) in [6, 6.07) is 15.8. The molecule has 4 aromatic rings. The first-order chi connectivity index (χ1) is 13.9. The summed E-state index contributed by atoms with van der Waals surface area (Å²) in [7, 11) is 1.51. The van der Waals surface area contributed by atoms with Crippen LogP contribution in [0.4, 0.5) is 5.69 Å². The van der Waals surface area contributed by atoms with Crippen molar-refractivity contribution in [2.24, 2.45) is 0 Å². The molecule has 3 aromatic carbocycles. The van der Waals surface area contributed by atoms with E-state index in [-0.39, 0.29) is 5.91 Å². The number of ether oxygens (including phenoxy) is 1. The van der Waals surface area contributed by atoms with Crippen molar-refractivity contribution in [2.45, 2.75) is 6.92 Å². The molecule has 1 aromatic heterocycles. The van der Waals surface area contributed by atoms with Crippen LogP contribution in [0.5, 0.6) is 5.75 Å². The average molecular weight is 427 g/mol. The topological polar surface area (TPSA) is 69.0 Å². The standard InChI is InChI=1S/C21H16Cl2N4O2/c1-12-9-18-19(26-27(25-18)15-6-3-13(22)4-7-15)11-17(12)24-21(28)16-10-14(23)5-8-20(16)29-2/h3-11H,1-2H3,(H,24,28). The Morgan fingerprint density at radius 3 is 2.31 bits per heavy atom. The van der Waals surface area contributed by atoms with Gasteiger partial charge in [-0.05, 0) is 67.1 Å². The van der Waals surface area contributed by atoms with Crippen LogP contribution >= 0.6 is 23.2 Å². The number of amides is 1. The molecule has 0 spiro atoms. The zero-order valence-corrected chi connectivity index (χ0v) is 17.1. The molecule has 1 N–H and O–H groups in total. The zero-order valence-electron chi connectivity index (χ0n) is 15.6. The van der Waals surface area contributed by atoms with Gasteiger partial charge in [0.2, 0.25) is 0 Å². The third kappa shape index (κ3) is 3.90. The maximum absolute atomic E-state index is 12.8. The van der Waals surface area contributed by atoms with Gasteiger partial charge in [0.1, 0.15) is 16.8 Å². The fraction of sp³-hybridized carbons (Fsp3) is 0.0952. The molecule has 146 valence electrons. The number of carbonyl (C=O) groups is 1. The lowest BCUT2D eigenvalue weighted by Gasteiger charge is -2.11. The van der Waals surface area contributed by atoms with Crippen LogP contribution in [-0.4, -0.2) is 28.0 Å². The molecule has 0 bridgehead atoms. The molecule has 6 nitrogen and oxygen atoms in total. The fourth-order valence-electron chi connectivity index (χ4n) is 2.94. The predicted octanol–water partition coefficient (Wildman–Crippen LogP) is 5.30. The van der Waals surface area contributed by atoms with E-state index in [0.717, 1.165) is 16.8 Å². The SMILES string of the molecule is COc1ccc(Cl)cc1C(=O)Nc1cc2nn(-c3ccc(Cl)cc3)nc2cc1C. The highest BCUT2D eigenvalue weighted by atomic mass is 35.5. The Morgan fingerprint density at radius 2 is 1.62 bits per heavy atom. The number of carbonyl (C=O) groups excluding carboxylic acids is 1. The number of aromatic nitrogens is 3. The van der Waals surface area contributed by atoms with Gasteiger partial charge in [-0.2, -0.15) is 4.80 Å². The van der Waals surface area contributed by atoms with Gasteiger partial charge < -0.3 is 10.1 Å². The summed E-state index contributed by atoms with van der Waals surface area (Å²) >= 11 is 12.0. The van der Waals surface area contributed by atoms with E-state index in [4.69, 9.17) is 27.9 Å². The molecule has 0 radical (unpaired) electrons. The average Bonchev–Trinajstić information content (AvgIpc) is 3.11. The van der Waals surface area contributed by atoms with E-state index in [1.807, 2.05) is 25.1 Å². The van der Waals surface area contributed by atoms with Gasteiger partial charge in [0.15, 0.2) is 0 Å². The maximum Gasteiger partial charge on any atom is 0.259 e. The second kappa shape index (κ2) is 7.73. The van der Waals surface area contributed by atoms with Crippen LogP contribution in [0.2, 0.25) is 10.0 Å². The number of aryl methyl sites for hydroxylation is 1. The van der Waals surface area contributed by atoms with Crippen LogP contribution in [-0.2, 0) is 0 Å². The Morgan fingerprint density at radius 1 is 0.966 bits per heavy atom. The molecular weight excluding hydrogens is 411 g/mol. The Balaban J connectivity index is 1.68. The summed E-state index contributed by atoms with van der Waals surface area (Å²) in [6.45, 7) is 1.89. The second-order valence-electron chi connectivity index (χ2n) is 6.42. The minimum Gasteiger partial charge on any atom is -0.496 e. The molecule has 0 saturated heterocycles. The van der Waals surface area contributed by atoms with E-state index in [1.165, 1.54) is 11.9 Å².